The van der Waals surface area contributed by atoms with E-state index in [0.29, 0.717) is 12.4 Å². The number of sulfonamides is 1. The van der Waals surface area contributed by atoms with E-state index in [9.17, 15) is 8.42 Å². The third-order valence-corrected chi connectivity index (χ3v) is 4.34. The number of hydrazine groups is 1. The Morgan fingerprint density at radius 3 is 2.40 bits per heavy atom. The molecular formula is C12H23N5O2S. The Morgan fingerprint density at radius 2 is 2.00 bits per heavy atom. The minimum Gasteiger partial charge on any atom is -0.308 e. The third-order valence-electron chi connectivity index (χ3n) is 2.87. The summed E-state index contributed by atoms with van der Waals surface area (Å²) in [4.78, 5) is 5.99. The van der Waals surface area contributed by atoms with Crippen LogP contribution >= 0.6 is 0 Å². The molecule has 4 N–H and O–H groups in total. The summed E-state index contributed by atoms with van der Waals surface area (Å²) in [5.41, 5.74) is 2.36. The second-order valence-corrected chi connectivity index (χ2v) is 6.97. The van der Waals surface area contributed by atoms with Crippen molar-refractivity contribution in [1.82, 2.24) is 14.6 Å². The lowest BCUT2D eigenvalue weighted by Gasteiger charge is -2.25. The van der Waals surface area contributed by atoms with Crippen LogP contribution < -0.4 is 16.0 Å². The fourth-order valence-corrected chi connectivity index (χ4v) is 2.99. The van der Waals surface area contributed by atoms with E-state index < -0.39 is 10.0 Å². The van der Waals surface area contributed by atoms with Crippen molar-refractivity contribution >= 4 is 15.8 Å². The summed E-state index contributed by atoms with van der Waals surface area (Å²) in [6.45, 7) is 4.60. The molecule has 0 fully saturated rings. The Labute approximate surface area is 120 Å². The second-order valence-electron chi connectivity index (χ2n) is 5.26. The molecule has 20 heavy (non-hydrogen) atoms. The van der Waals surface area contributed by atoms with Crippen LogP contribution in [0.2, 0.25) is 0 Å². The molecule has 0 spiro atoms. The van der Waals surface area contributed by atoms with Gasteiger partial charge in [-0.25, -0.2) is 24.0 Å². The van der Waals surface area contributed by atoms with Crippen molar-refractivity contribution in [1.29, 1.82) is 0 Å². The number of anilines is 1. The molecule has 0 aliphatic heterocycles. The van der Waals surface area contributed by atoms with Crippen LogP contribution in [0, 0.1) is 5.92 Å². The maximum Gasteiger partial charge on any atom is 0.242 e. The van der Waals surface area contributed by atoms with Gasteiger partial charge in [-0.15, -0.1) is 0 Å². The number of nitrogens with two attached hydrogens (primary N) is 1. The maximum atomic E-state index is 12.3. The van der Waals surface area contributed by atoms with Gasteiger partial charge in [-0.1, -0.05) is 13.8 Å². The molecule has 1 aromatic rings. The molecule has 0 saturated heterocycles. The van der Waals surface area contributed by atoms with E-state index in [2.05, 4.69) is 15.1 Å². The maximum absolute atomic E-state index is 12.3. The van der Waals surface area contributed by atoms with Crippen LogP contribution in [0.15, 0.2) is 23.2 Å². The zero-order chi connectivity index (χ0) is 15.3. The molecule has 0 aromatic carbocycles. The standard InChI is InChI=1S/C12H23N5O2S/c1-9(2)11(8-17(3)4)16-20(18,19)10-5-6-12(15-13)14-7-10/h5-7,9,11,16H,8,13H2,1-4H3,(H,14,15). The SMILES string of the molecule is CC(C)C(CN(C)C)NS(=O)(=O)c1ccc(NN)nc1. The molecule has 7 nitrogen and oxygen atoms in total. The van der Waals surface area contributed by atoms with E-state index in [0.717, 1.165) is 0 Å². The Bertz CT molecular complexity index is 513. The molecular weight excluding hydrogens is 278 g/mol. The number of nitrogen functional groups attached to an aromatic ring is 1. The first-order chi connectivity index (χ1) is 9.26. The fourth-order valence-electron chi connectivity index (χ4n) is 1.67. The van der Waals surface area contributed by atoms with Gasteiger partial charge in [0, 0.05) is 18.8 Å². The molecule has 8 heteroatoms. The van der Waals surface area contributed by atoms with Gasteiger partial charge in [-0.2, -0.15) is 0 Å². The van der Waals surface area contributed by atoms with Gasteiger partial charge in [0.2, 0.25) is 10.0 Å². The average molecular weight is 301 g/mol. The van der Waals surface area contributed by atoms with Crippen molar-refractivity contribution in [3.63, 3.8) is 0 Å². The summed E-state index contributed by atoms with van der Waals surface area (Å²) in [7, 11) is 0.236. The van der Waals surface area contributed by atoms with Crippen LogP contribution in [0.5, 0.6) is 0 Å². The highest BCUT2D eigenvalue weighted by Gasteiger charge is 2.23. The number of hydrogen-bond donors (Lipinski definition) is 3. The van der Waals surface area contributed by atoms with Crippen molar-refractivity contribution in [2.45, 2.75) is 24.8 Å². The fraction of sp³-hybridized carbons (Fsp3) is 0.583. The lowest BCUT2D eigenvalue weighted by atomic mass is 10.1. The Balaban J connectivity index is 2.91. The van der Waals surface area contributed by atoms with Gasteiger partial charge in [0.25, 0.3) is 0 Å². The molecule has 1 unspecified atom stereocenters. The average Bonchev–Trinajstić information content (AvgIpc) is 2.37. The van der Waals surface area contributed by atoms with Crippen LogP contribution in [0.3, 0.4) is 0 Å². The Hall–Kier alpha value is -1.22. The van der Waals surface area contributed by atoms with Gasteiger partial charge in [0.05, 0.1) is 0 Å². The predicted octanol–water partition coefficient (Wildman–Crippen LogP) is 0.232. The molecule has 0 radical (unpaired) electrons. The quantitative estimate of drug-likeness (QED) is 0.492. The Kier molecular flexibility index (Phi) is 5.88. The first-order valence-electron chi connectivity index (χ1n) is 6.36. The second kappa shape index (κ2) is 6.98. The summed E-state index contributed by atoms with van der Waals surface area (Å²) in [5, 5.41) is 0. The number of nitrogens with one attached hydrogen (secondary N) is 2. The number of pyridine rings is 1. The number of hydrogen-bond acceptors (Lipinski definition) is 6. The molecule has 1 aromatic heterocycles. The largest absolute Gasteiger partial charge is 0.308 e. The minimum atomic E-state index is -3.58. The smallest absolute Gasteiger partial charge is 0.242 e. The van der Waals surface area contributed by atoms with Crippen LogP contribution in [-0.2, 0) is 10.0 Å². The van der Waals surface area contributed by atoms with Gasteiger partial charge in [-0.3, -0.25) is 0 Å². The lowest BCUT2D eigenvalue weighted by Crippen LogP contribution is -2.44. The van der Waals surface area contributed by atoms with Gasteiger partial charge in [0.1, 0.15) is 10.7 Å². The number of aromatic nitrogens is 1. The molecule has 1 rings (SSSR count). The van der Waals surface area contributed by atoms with E-state index in [4.69, 9.17) is 5.84 Å². The number of rotatable bonds is 7. The molecule has 1 heterocycles. The summed E-state index contributed by atoms with van der Waals surface area (Å²) in [6.07, 6.45) is 1.28. The van der Waals surface area contributed by atoms with Crippen molar-refractivity contribution in [3.05, 3.63) is 18.3 Å². The van der Waals surface area contributed by atoms with Crippen molar-refractivity contribution in [2.75, 3.05) is 26.1 Å². The van der Waals surface area contributed by atoms with Gasteiger partial charge in [0.15, 0.2) is 0 Å². The van der Waals surface area contributed by atoms with Crippen molar-refractivity contribution < 1.29 is 8.42 Å². The molecule has 114 valence electrons. The summed E-state index contributed by atoms with van der Waals surface area (Å²) < 4.78 is 27.3. The molecule has 0 bridgehead atoms. The van der Waals surface area contributed by atoms with Crippen molar-refractivity contribution in [2.24, 2.45) is 11.8 Å². The van der Waals surface area contributed by atoms with Gasteiger partial charge < -0.3 is 10.3 Å². The Morgan fingerprint density at radius 1 is 1.35 bits per heavy atom. The van der Waals surface area contributed by atoms with Crippen LogP contribution in [0.4, 0.5) is 5.82 Å². The molecule has 0 aliphatic rings. The normalized spacial score (nSPS) is 13.8. The predicted molar refractivity (Wildman–Crippen MR) is 79.5 cm³/mol. The monoisotopic (exact) mass is 301 g/mol. The molecule has 1 atom stereocenters. The van der Waals surface area contributed by atoms with Crippen molar-refractivity contribution in [3.8, 4) is 0 Å². The molecule has 0 saturated carbocycles. The van der Waals surface area contributed by atoms with Gasteiger partial charge >= 0.3 is 0 Å². The third kappa shape index (κ3) is 4.71. The first-order valence-corrected chi connectivity index (χ1v) is 7.84. The first kappa shape index (κ1) is 16.8. The van der Waals surface area contributed by atoms with Gasteiger partial charge in [-0.05, 0) is 32.1 Å². The van der Waals surface area contributed by atoms with Crippen LogP contribution in [0.1, 0.15) is 13.8 Å². The molecule has 0 amide bonds. The van der Waals surface area contributed by atoms with E-state index in [1.165, 1.54) is 18.3 Å². The topological polar surface area (TPSA) is 100 Å². The highest BCUT2D eigenvalue weighted by atomic mass is 32.2. The molecule has 0 aliphatic carbocycles. The lowest BCUT2D eigenvalue weighted by molar-refractivity contribution is 0.314. The minimum absolute atomic E-state index is 0.126. The summed E-state index contributed by atoms with van der Waals surface area (Å²) in [6, 6.07) is 2.82. The zero-order valence-electron chi connectivity index (χ0n) is 12.3. The summed E-state index contributed by atoms with van der Waals surface area (Å²) >= 11 is 0. The highest BCUT2D eigenvalue weighted by Crippen LogP contribution is 2.13. The summed E-state index contributed by atoms with van der Waals surface area (Å²) in [5.74, 6) is 5.80. The van der Waals surface area contributed by atoms with E-state index in [1.54, 1.807) is 0 Å². The zero-order valence-corrected chi connectivity index (χ0v) is 13.1. The van der Waals surface area contributed by atoms with Crippen LogP contribution in [-0.4, -0.2) is 45.0 Å². The van der Waals surface area contributed by atoms with E-state index in [-0.39, 0.29) is 16.9 Å². The number of nitrogens with zero attached hydrogens (tertiary/aromatic N) is 2. The van der Waals surface area contributed by atoms with Crippen LogP contribution in [0.25, 0.3) is 0 Å². The highest BCUT2D eigenvalue weighted by molar-refractivity contribution is 7.89. The number of likely N-dealkylation sites (N-methyl/N-ethyl adjacent to an activating group) is 1. The van der Waals surface area contributed by atoms with E-state index >= 15 is 0 Å². The van der Waals surface area contributed by atoms with E-state index in [1.807, 2.05) is 32.8 Å².